The first-order valence-corrected chi connectivity index (χ1v) is 7.25. The van der Waals surface area contributed by atoms with E-state index in [1.165, 1.54) is 17.4 Å². The fraction of sp³-hybridized carbons (Fsp3) is 0.231. The number of nitrogen functional groups attached to an aromatic ring is 1. The van der Waals surface area contributed by atoms with Gasteiger partial charge in [0.15, 0.2) is 5.13 Å². The number of carbonyl (C=O) groups excluding carboxylic acids is 1. The maximum absolute atomic E-state index is 11.5. The fourth-order valence-electron chi connectivity index (χ4n) is 1.66. The van der Waals surface area contributed by atoms with Gasteiger partial charge in [0.2, 0.25) is 0 Å². The van der Waals surface area contributed by atoms with E-state index in [1.54, 1.807) is 6.07 Å². The van der Waals surface area contributed by atoms with E-state index in [4.69, 9.17) is 23.1 Å². The number of primary amides is 1. The number of anilines is 3. The van der Waals surface area contributed by atoms with Crippen molar-refractivity contribution in [3.8, 4) is 0 Å². The number of hydrogen-bond donors (Lipinski definition) is 3. The number of hydrogen-bond acceptors (Lipinski definition) is 5. The van der Waals surface area contributed by atoms with Crippen LogP contribution in [0.15, 0.2) is 17.5 Å². The molecule has 1 amide bonds. The Morgan fingerprint density at radius 2 is 2.15 bits per heavy atom. The summed E-state index contributed by atoms with van der Waals surface area (Å²) in [6, 6.07) is 3.06. The molecule has 20 heavy (non-hydrogen) atoms. The molecule has 0 aliphatic heterocycles. The van der Waals surface area contributed by atoms with Crippen LogP contribution in [0.3, 0.4) is 0 Å². The molecule has 2 aromatic rings. The van der Waals surface area contributed by atoms with Crippen molar-refractivity contribution >= 4 is 45.4 Å². The van der Waals surface area contributed by atoms with Gasteiger partial charge in [-0.05, 0) is 18.1 Å². The predicted molar refractivity (Wildman–Crippen MR) is 83.9 cm³/mol. The molecule has 1 heterocycles. The Labute approximate surface area is 126 Å². The molecule has 1 aromatic heterocycles. The maximum atomic E-state index is 11.5. The first kappa shape index (κ1) is 14.6. The van der Waals surface area contributed by atoms with E-state index in [0.717, 1.165) is 5.69 Å². The summed E-state index contributed by atoms with van der Waals surface area (Å²) in [5.41, 5.74) is 13.1. The van der Waals surface area contributed by atoms with Crippen molar-refractivity contribution in [2.45, 2.75) is 19.8 Å². The smallest absolute Gasteiger partial charge is 0.250 e. The average molecular weight is 311 g/mol. The van der Waals surface area contributed by atoms with Crippen LogP contribution in [0.5, 0.6) is 0 Å². The zero-order chi connectivity index (χ0) is 14.9. The molecule has 0 saturated carbocycles. The summed E-state index contributed by atoms with van der Waals surface area (Å²) < 4.78 is 0. The number of nitrogens with two attached hydrogens (primary N) is 2. The normalized spacial score (nSPS) is 10.8. The van der Waals surface area contributed by atoms with E-state index in [9.17, 15) is 4.79 Å². The van der Waals surface area contributed by atoms with Crippen LogP contribution in [-0.2, 0) is 0 Å². The van der Waals surface area contributed by atoms with E-state index < -0.39 is 5.91 Å². The Hall–Kier alpha value is -1.79. The highest BCUT2D eigenvalue weighted by Gasteiger charge is 2.15. The van der Waals surface area contributed by atoms with E-state index >= 15 is 0 Å². The van der Waals surface area contributed by atoms with Crippen LogP contribution in [0.2, 0.25) is 5.02 Å². The quantitative estimate of drug-likeness (QED) is 0.755. The van der Waals surface area contributed by atoms with Crippen LogP contribution in [-0.4, -0.2) is 10.9 Å². The summed E-state index contributed by atoms with van der Waals surface area (Å²) in [5.74, 6) is -0.262. The highest BCUT2D eigenvalue weighted by molar-refractivity contribution is 7.13. The zero-order valence-corrected chi connectivity index (χ0v) is 12.7. The van der Waals surface area contributed by atoms with E-state index in [0.29, 0.717) is 27.4 Å². The maximum Gasteiger partial charge on any atom is 0.250 e. The number of carbonyl (C=O) groups is 1. The summed E-state index contributed by atoms with van der Waals surface area (Å²) >= 11 is 7.57. The van der Waals surface area contributed by atoms with Crippen LogP contribution < -0.4 is 16.8 Å². The number of nitrogens with one attached hydrogen (secondary N) is 1. The van der Waals surface area contributed by atoms with E-state index in [-0.39, 0.29) is 5.56 Å². The van der Waals surface area contributed by atoms with Gasteiger partial charge in [-0.25, -0.2) is 4.98 Å². The third-order valence-electron chi connectivity index (χ3n) is 2.72. The molecule has 0 aliphatic rings. The largest absolute Gasteiger partial charge is 0.399 e. The summed E-state index contributed by atoms with van der Waals surface area (Å²) in [6.07, 6.45) is 0. The van der Waals surface area contributed by atoms with Gasteiger partial charge in [0.25, 0.3) is 5.91 Å². The molecule has 0 bridgehead atoms. The SMILES string of the molecule is CC(C)c1csc(Nc2c(Cl)cc(N)cc2C(N)=O)n1. The van der Waals surface area contributed by atoms with E-state index in [2.05, 4.69) is 24.1 Å². The minimum absolute atomic E-state index is 0.247. The molecule has 106 valence electrons. The molecule has 0 saturated heterocycles. The second kappa shape index (κ2) is 5.68. The highest BCUT2D eigenvalue weighted by atomic mass is 35.5. The van der Waals surface area contributed by atoms with Gasteiger partial charge in [0, 0.05) is 11.1 Å². The number of benzene rings is 1. The zero-order valence-electron chi connectivity index (χ0n) is 11.1. The molecule has 0 spiro atoms. The van der Waals surface area contributed by atoms with Crippen LogP contribution in [0.1, 0.15) is 35.8 Å². The number of thiazole rings is 1. The van der Waals surface area contributed by atoms with Crippen molar-refractivity contribution in [3.05, 3.63) is 33.8 Å². The predicted octanol–water partition coefficient (Wildman–Crippen LogP) is 3.34. The topological polar surface area (TPSA) is 94.0 Å². The summed E-state index contributed by atoms with van der Waals surface area (Å²) in [5, 5.41) is 5.99. The van der Waals surface area contributed by atoms with Crippen molar-refractivity contribution in [2.75, 3.05) is 11.1 Å². The van der Waals surface area contributed by atoms with Crippen LogP contribution in [0.4, 0.5) is 16.5 Å². The molecule has 5 nitrogen and oxygen atoms in total. The van der Waals surface area contributed by atoms with E-state index in [1.807, 2.05) is 5.38 Å². The van der Waals surface area contributed by atoms with Crippen molar-refractivity contribution in [2.24, 2.45) is 5.73 Å². The molecular weight excluding hydrogens is 296 g/mol. The van der Waals surface area contributed by atoms with Gasteiger partial charge in [-0.2, -0.15) is 0 Å². The van der Waals surface area contributed by atoms with Crippen molar-refractivity contribution in [1.82, 2.24) is 4.98 Å². The van der Waals surface area contributed by atoms with Gasteiger partial charge < -0.3 is 16.8 Å². The molecule has 1 aromatic carbocycles. The lowest BCUT2D eigenvalue weighted by molar-refractivity contribution is 0.100. The minimum Gasteiger partial charge on any atom is -0.399 e. The Morgan fingerprint density at radius 3 is 2.70 bits per heavy atom. The van der Waals surface area contributed by atoms with Crippen LogP contribution in [0.25, 0.3) is 0 Å². The molecule has 0 atom stereocenters. The van der Waals surface area contributed by atoms with Gasteiger partial charge in [0.1, 0.15) is 0 Å². The third kappa shape index (κ3) is 3.02. The number of aromatic nitrogens is 1. The lowest BCUT2D eigenvalue weighted by Gasteiger charge is -2.11. The molecule has 0 unspecified atom stereocenters. The van der Waals surface area contributed by atoms with Crippen molar-refractivity contribution < 1.29 is 4.79 Å². The molecule has 0 fully saturated rings. The molecule has 2 rings (SSSR count). The number of amides is 1. The van der Waals surface area contributed by atoms with Gasteiger partial charge in [-0.1, -0.05) is 25.4 Å². The lowest BCUT2D eigenvalue weighted by Crippen LogP contribution is -2.14. The third-order valence-corrected chi connectivity index (χ3v) is 3.80. The van der Waals surface area contributed by atoms with Gasteiger partial charge >= 0.3 is 0 Å². The first-order valence-electron chi connectivity index (χ1n) is 5.99. The summed E-state index contributed by atoms with van der Waals surface area (Å²) in [7, 11) is 0. The van der Waals surface area contributed by atoms with Crippen LogP contribution in [0, 0.1) is 0 Å². The monoisotopic (exact) mass is 310 g/mol. The standard InChI is InChI=1S/C13H15ClN4OS/c1-6(2)10-5-20-13(17-10)18-11-8(12(16)19)3-7(15)4-9(11)14/h3-6H,15H2,1-2H3,(H2,16,19)(H,17,18). The van der Waals surface area contributed by atoms with Crippen molar-refractivity contribution in [3.63, 3.8) is 0 Å². The highest BCUT2D eigenvalue weighted by Crippen LogP contribution is 2.33. The number of halogens is 1. The average Bonchev–Trinajstić information content (AvgIpc) is 2.80. The lowest BCUT2D eigenvalue weighted by atomic mass is 10.1. The number of nitrogens with zero attached hydrogens (tertiary/aromatic N) is 1. The molecule has 0 radical (unpaired) electrons. The van der Waals surface area contributed by atoms with Gasteiger partial charge in [-0.15, -0.1) is 11.3 Å². The second-order valence-corrected chi connectivity index (χ2v) is 5.91. The summed E-state index contributed by atoms with van der Waals surface area (Å²) in [4.78, 5) is 15.9. The van der Waals surface area contributed by atoms with Gasteiger partial charge in [-0.3, -0.25) is 4.79 Å². The Balaban J connectivity index is 2.39. The minimum atomic E-state index is -0.595. The molecular formula is C13H15ClN4OS. The Kier molecular flexibility index (Phi) is 4.15. The molecule has 7 heteroatoms. The van der Waals surface area contributed by atoms with Crippen molar-refractivity contribution in [1.29, 1.82) is 0 Å². The Bertz CT molecular complexity index is 654. The summed E-state index contributed by atoms with van der Waals surface area (Å²) in [6.45, 7) is 4.12. The fourth-order valence-corrected chi connectivity index (χ4v) is 2.82. The van der Waals surface area contributed by atoms with Gasteiger partial charge in [0.05, 0.1) is 22.0 Å². The Morgan fingerprint density at radius 1 is 1.45 bits per heavy atom. The number of rotatable bonds is 4. The second-order valence-electron chi connectivity index (χ2n) is 4.65. The van der Waals surface area contributed by atoms with Crippen LogP contribution >= 0.6 is 22.9 Å². The first-order chi connectivity index (χ1) is 9.38. The molecule has 5 N–H and O–H groups in total. The molecule has 0 aliphatic carbocycles.